The number of fused-ring (bicyclic) bond motifs is 1. The van der Waals surface area contributed by atoms with Crippen molar-refractivity contribution in [1.82, 2.24) is 4.98 Å². The van der Waals surface area contributed by atoms with E-state index in [4.69, 9.17) is 4.74 Å². The fourth-order valence-corrected chi connectivity index (χ4v) is 2.14. The third kappa shape index (κ3) is 1.92. The molecule has 0 spiro atoms. The molecule has 2 heterocycles. The molecule has 16 heavy (non-hydrogen) atoms. The van der Waals surface area contributed by atoms with Gasteiger partial charge in [-0.05, 0) is 26.3 Å². The second kappa shape index (κ2) is 4.60. The smallest absolute Gasteiger partial charge is 0.215 e. The molecule has 0 bridgehead atoms. The highest BCUT2D eigenvalue weighted by atomic mass is 16.5. The molecular formula is C12H19N3O. The van der Waals surface area contributed by atoms with E-state index in [0.29, 0.717) is 11.9 Å². The summed E-state index contributed by atoms with van der Waals surface area (Å²) < 4.78 is 5.18. The van der Waals surface area contributed by atoms with Crippen LogP contribution in [0.15, 0.2) is 12.1 Å². The fourth-order valence-electron chi connectivity index (χ4n) is 2.14. The zero-order valence-corrected chi connectivity index (χ0v) is 10.2. The summed E-state index contributed by atoms with van der Waals surface area (Å²) in [5.41, 5.74) is 1.10. The molecule has 2 rings (SSSR count). The Bertz CT molecular complexity index is 367. The maximum Gasteiger partial charge on any atom is 0.215 e. The van der Waals surface area contributed by atoms with Gasteiger partial charge in [0.15, 0.2) is 5.82 Å². The molecule has 1 N–H and O–H groups in total. The highest BCUT2D eigenvalue weighted by Crippen LogP contribution is 2.30. The molecule has 4 nitrogen and oxygen atoms in total. The Morgan fingerprint density at radius 3 is 3.06 bits per heavy atom. The summed E-state index contributed by atoms with van der Waals surface area (Å²) in [6.07, 6.45) is 1.13. The highest BCUT2D eigenvalue weighted by Gasteiger charge is 2.21. The van der Waals surface area contributed by atoms with Crippen molar-refractivity contribution in [2.45, 2.75) is 26.3 Å². The molecule has 1 aliphatic rings. The minimum atomic E-state index is 0.512. The molecule has 0 saturated carbocycles. The molecule has 0 radical (unpaired) electrons. The van der Waals surface area contributed by atoms with Gasteiger partial charge in [0, 0.05) is 25.2 Å². The van der Waals surface area contributed by atoms with Crippen LogP contribution in [0.5, 0.6) is 5.88 Å². The standard InChI is InChI=1S/C12H19N3O/c1-4-15-9(2)7-8-13-10-5-6-11(16-3)14-12(10)15/h5-6,9,13H,4,7-8H2,1-3H3. The third-order valence-electron chi connectivity index (χ3n) is 3.08. The molecule has 1 aliphatic heterocycles. The van der Waals surface area contributed by atoms with Crippen LogP contribution in [0.3, 0.4) is 0 Å². The first-order chi connectivity index (χ1) is 7.76. The van der Waals surface area contributed by atoms with E-state index < -0.39 is 0 Å². The first-order valence-electron chi connectivity index (χ1n) is 5.81. The minimum Gasteiger partial charge on any atom is -0.481 e. The lowest BCUT2D eigenvalue weighted by atomic mass is 10.2. The van der Waals surface area contributed by atoms with Crippen LogP contribution in [-0.2, 0) is 0 Å². The van der Waals surface area contributed by atoms with Gasteiger partial charge in [-0.25, -0.2) is 0 Å². The Morgan fingerprint density at radius 2 is 2.38 bits per heavy atom. The summed E-state index contributed by atoms with van der Waals surface area (Å²) in [6, 6.07) is 4.45. The highest BCUT2D eigenvalue weighted by molar-refractivity contribution is 5.67. The Kier molecular flexibility index (Phi) is 3.17. The number of hydrogen-bond donors (Lipinski definition) is 1. The van der Waals surface area contributed by atoms with Gasteiger partial charge in [-0.1, -0.05) is 0 Å². The van der Waals surface area contributed by atoms with Gasteiger partial charge in [-0.3, -0.25) is 0 Å². The van der Waals surface area contributed by atoms with Crippen molar-refractivity contribution in [2.75, 3.05) is 30.4 Å². The van der Waals surface area contributed by atoms with Crippen LogP contribution in [0, 0.1) is 0 Å². The van der Waals surface area contributed by atoms with Crippen LogP contribution < -0.4 is 15.0 Å². The Labute approximate surface area is 96.6 Å². The van der Waals surface area contributed by atoms with Gasteiger partial charge in [-0.15, -0.1) is 0 Å². The molecule has 0 aliphatic carbocycles. The van der Waals surface area contributed by atoms with Crippen molar-refractivity contribution in [1.29, 1.82) is 0 Å². The average Bonchev–Trinajstić information content (AvgIpc) is 2.46. The van der Waals surface area contributed by atoms with E-state index in [-0.39, 0.29) is 0 Å². The van der Waals surface area contributed by atoms with E-state index in [2.05, 4.69) is 29.0 Å². The van der Waals surface area contributed by atoms with Gasteiger partial charge >= 0.3 is 0 Å². The molecule has 0 fully saturated rings. The second-order valence-electron chi connectivity index (χ2n) is 4.08. The number of pyridine rings is 1. The van der Waals surface area contributed by atoms with E-state index in [1.165, 1.54) is 0 Å². The summed E-state index contributed by atoms with van der Waals surface area (Å²) >= 11 is 0. The second-order valence-corrected chi connectivity index (χ2v) is 4.08. The predicted octanol–water partition coefficient (Wildman–Crippen LogP) is 2.12. The van der Waals surface area contributed by atoms with Crippen molar-refractivity contribution in [2.24, 2.45) is 0 Å². The molecule has 0 saturated heterocycles. The fraction of sp³-hybridized carbons (Fsp3) is 0.583. The normalized spacial score (nSPS) is 19.7. The SMILES string of the molecule is CCN1c2nc(OC)ccc2NCCC1C. The summed E-state index contributed by atoms with van der Waals surface area (Å²) in [4.78, 5) is 6.85. The number of ether oxygens (including phenoxy) is 1. The zero-order valence-electron chi connectivity index (χ0n) is 10.2. The van der Waals surface area contributed by atoms with Gasteiger partial charge in [0.2, 0.25) is 5.88 Å². The van der Waals surface area contributed by atoms with Crippen LogP contribution in [0.1, 0.15) is 20.3 Å². The first kappa shape index (κ1) is 11.0. The van der Waals surface area contributed by atoms with E-state index in [9.17, 15) is 0 Å². The van der Waals surface area contributed by atoms with Crippen LogP contribution in [0.25, 0.3) is 0 Å². The van der Waals surface area contributed by atoms with Crippen molar-refractivity contribution in [3.63, 3.8) is 0 Å². The van der Waals surface area contributed by atoms with Crippen LogP contribution >= 0.6 is 0 Å². The van der Waals surface area contributed by atoms with Gasteiger partial charge in [0.1, 0.15) is 0 Å². The molecule has 4 heteroatoms. The number of methoxy groups -OCH3 is 1. The Hall–Kier alpha value is -1.45. The quantitative estimate of drug-likeness (QED) is 0.830. The van der Waals surface area contributed by atoms with Gasteiger partial charge in [-0.2, -0.15) is 4.98 Å². The topological polar surface area (TPSA) is 37.4 Å². The average molecular weight is 221 g/mol. The van der Waals surface area contributed by atoms with Crippen molar-refractivity contribution < 1.29 is 4.74 Å². The predicted molar refractivity (Wildman–Crippen MR) is 66.4 cm³/mol. The molecule has 0 aromatic carbocycles. The molecule has 1 aromatic heterocycles. The Morgan fingerprint density at radius 1 is 1.56 bits per heavy atom. The number of nitrogens with zero attached hydrogens (tertiary/aromatic N) is 2. The number of anilines is 2. The van der Waals surface area contributed by atoms with Gasteiger partial charge < -0.3 is 15.0 Å². The molecule has 88 valence electrons. The van der Waals surface area contributed by atoms with Crippen LogP contribution in [0.2, 0.25) is 0 Å². The van der Waals surface area contributed by atoms with Crippen molar-refractivity contribution >= 4 is 11.5 Å². The van der Waals surface area contributed by atoms with Crippen molar-refractivity contribution in [3.05, 3.63) is 12.1 Å². The maximum atomic E-state index is 5.18. The van der Waals surface area contributed by atoms with E-state index in [0.717, 1.165) is 31.0 Å². The van der Waals surface area contributed by atoms with Crippen LogP contribution in [0.4, 0.5) is 11.5 Å². The maximum absolute atomic E-state index is 5.18. The minimum absolute atomic E-state index is 0.512. The number of nitrogens with one attached hydrogen (secondary N) is 1. The zero-order chi connectivity index (χ0) is 11.5. The van der Waals surface area contributed by atoms with E-state index in [1.54, 1.807) is 7.11 Å². The largest absolute Gasteiger partial charge is 0.481 e. The lowest BCUT2D eigenvalue weighted by molar-refractivity contribution is 0.397. The third-order valence-corrected chi connectivity index (χ3v) is 3.08. The summed E-state index contributed by atoms with van der Waals surface area (Å²) in [7, 11) is 1.65. The summed E-state index contributed by atoms with van der Waals surface area (Å²) in [5.74, 6) is 1.68. The summed E-state index contributed by atoms with van der Waals surface area (Å²) in [6.45, 7) is 6.36. The molecule has 0 amide bonds. The monoisotopic (exact) mass is 221 g/mol. The molecule has 1 aromatic rings. The number of aromatic nitrogens is 1. The van der Waals surface area contributed by atoms with Crippen molar-refractivity contribution in [3.8, 4) is 5.88 Å². The first-order valence-corrected chi connectivity index (χ1v) is 5.81. The van der Waals surface area contributed by atoms with E-state index in [1.807, 2.05) is 12.1 Å². The Balaban J connectivity index is 2.42. The van der Waals surface area contributed by atoms with E-state index >= 15 is 0 Å². The lowest BCUT2D eigenvalue weighted by Gasteiger charge is -2.27. The number of rotatable bonds is 2. The lowest BCUT2D eigenvalue weighted by Crippen LogP contribution is -2.33. The van der Waals surface area contributed by atoms with Crippen LogP contribution in [-0.4, -0.2) is 31.2 Å². The molecular weight excluding hydrogens is 202 g/mol. The van der Waals surface area contributed by atoms with Gasteiger partial charge in [0.05, 0.1) is 12.8 Å². The summed E-state index contributed by atoms with van der Waals surface area (Å²) in [5, 5.41) is 3.41. The van der Waals surface area contributed by atoms with Gasteiger partial charge in [0.25, 0.3) is 0 Å². The molecule has 1 atom stereocenters. The molecule has 1 unspecified atom stereocenters. The number of hydrogen-bond acceptors (Lipinski definition) is 4.